The highest BCUT2D eigenvalue weighted by Crippen LogP contribution is 2.33. The molecule has 1 atom stereocenters. The lowest BCUT2D eigenvalue weighted by atomic mass is 9.93. The molecule has 26 heavy (non-hydrogen) atoms. The first-order valence-electron chi connectivity index (χ1n) is 9.34. The van der Waals surface area contributed by atoms with Crippen molar-refractivity contribution in [2.45, 2.75) is 39.5 Å². The fourth-order valence-electron chi connectivity index (χ4n) is 3.08. The van der Waals surface area contributed by atoms with Crippen molar-refractivity contribution >= 4 is 17.3 Å². The number of guanidine groups is 1. The fraction of sp³-hybridized carbons (Fsp3) is 0.500. The van der Waals surface area contributed by atoms with Crippen molar-refractivity contribution in [3.05, 3.63) is 45.4 Å². The number of fused-ring (bicyclic) bond motifs is 1. The molecular weight excluding hydrogens is 344 g/mol. The number of thiazole rings is 1. The minimum Gasteiger partial charge on any atom is -0.493 e. The van der Waals surface area contributed by atoms with Gasteiger partial charge in [-0.05, 0) is 38.8 Å². The minimum atomic E-state index is 0.416. The van der Waals surface area contributed by atoms with Crippen LogP contribution in [0, 0.1) is 13.8 Å². The maximum atomic E-state index is 5.75. The van der Waals surface area contributed by atoms with Crippen LogP contribution in [0.3, 0.4) is 0 Å². The highest BCUT2D eigenvalue weighted by molar-refractivity contribution is 7.11. The Balaban J connectivity index is 1.57. The van der Waals surface area contributed by atoms with Crippen LogP contribution in [-0.4, -0.2) is 37.2 Å². The average Bonchev–Trinajstić information content (AvgIpc) is 2.97. The highest BCUT2D eigenvalue weighted by Gasteiger charge is 2.20. The van der Waals surface area contributed by atoms with E-state index in [1.807, 2.05) is 12.1 Å². The van der Waals surface area contributed by atoms with Crippen LogP contribution in [-0.2, 0) is 6.42 Å². The lowest BCUT2D eigenvalue weighted by molar-refractivity contribution is 0.269. The molecule has 0 spiro atoms. The predicted octanol–water partition coefficient (Wildman–Crippen LogP) is 3.42. The van der Waals surface area contributed by atoms with E-state index in [0.29, 0.717) is 5.92 Å². The molecule has 0 saturated heterocycles. The van der Waals surface area contributed by atoms with Crippen molar-refractivity contribution < 1.29 is 4.74 Å². The van der Waals surface area contributed by atoms with Crippen molar-refractivity contribution in [1.82, 2.24) is 15.6 Å². The topological polar surface area (TPSA) is 58.5 Å². The smallest absolute Gasteiger partial charge is 0.191 e. The largest absolute Gasteiger partial charge is 0.493 e. The number of hydrogen-bond donors (Lipinski definition) is 2. The van der Waals surface area contributed by atoms with Crippen LogP contribution in [0.25, 0.3) is 0 Å². The highest BCUT2D eigenvalue weighted by atomic mass is 32.1. The number of aromatic nitrogens is 1. The molecular formula is C20H28N4OS. The van der Waals surface area contributed by atoms with Crippen LogP contribution >= 0.6 is 11.3 Å². The summed E-state index contributed by atoms with van der Waals surface area (Å²) in [5, 5.41) is 7.96. The third kappa shape index (κ3) is 4.75. The van der Waals surface area contributed by atoms with Crippen LogP contribution < -0.4 is 15.4 Å². The Morgan fingerprint density at radius 1 is 1.31 bits per heavy atom. The van der Waals surface area contributed by atoms with Crippen LogP contribution in [0.4, 0.5) is 0 Å². The summed E-state index contributed by atoms with van der Waals surface area (Å²) >= 11 is 1.78. The monoisotopic (exact) mass is 372 g/mol. The summed E-state index contributed by atoms with van der Waals surface area (Å²) in [6.07, 6.45) is 1.93. The second-order valence-corrected chi connectivity index (χ2v) is 7.81. The van der Waals surface area contributed by atoms with Gasteiger partial charge >= 0.3 is 0 Å². The fourth-order valence-corrected chi connectivity index (χ4v) is 4.02. The Morgan fingerprint density at radius 3 is 2.92 bits per heavy atom. The van der Waals surface area contributed by atoms with E-state index in [9.17, 15) is 0 Å². The van der Waals surface area contributed by atoms with E-state index < -0.39 is 0 Å². The zero-order chi connectivity index (χ0) is 18.4. The number of benzene rings is 1. The quantitative estimate of drug-likeness (QED) is 0.602. The molecule has 2 N–H and O–H groups in total. The molecule has 1 aromatic carbocycles. The van der Waals surface area contributed by atoms with Gasteiger partial charge in [0.1, 0.15) is 5.75 Å². The van der Waals surface area contributed by atoms with Gasteiger partial charge in [0.15, 0.2) is 5.96 Å². The van der Waals surface area contributed by atoms with E-state index in [0.717, 1.165) is 56.5 Å². The summed E-state index contributed by atoms with van der Waals surface area (Å²) in [7, 11) is 0. The Bertz CT molecular complexity index is 737. The maximum absolute atomic E-state index is 5.75. The average molecular weight is 373 g/mol. The van der Waals surface area contributed by atoms with Gasteiger partial charge in [-0.15, -0.1) is 11.3 Å². The minimum absolute atomic E-state index is 0.416. The second kappa shape index (κ2) is 9.03. The van der Waals surface area contributed by atoms with Crippen molar-refractivity contribution in [2.75, 3.05) is 26.2 Å². The molecule has 3 rings (SSSR count). The molecule has 2 heterocycles. The van der Waals surface area contributed by atoms with Gasteiger partial charge in [0.25, 0.3) is 0 Å². The van der Waals surface area contributed by atoms with Crippen molar-refractivity contribution in [1.29, 1.82) is 0 Å². The Labute approximate surface area is 159 Å². The molecule has 0 saturated carbocycles. The third-order valence-electron chi connectivity index (χ3n) is 4.60. The van der Waals surface area contributed by atoms with Crippen LogP contribution in [0.2, 0.25) is 0 Å². The first kappa shape index (κ1) is 18.7. The molecule has 0 radical (unpaired) electrons. The predicted molar refractivity (Wildman–Crippen MR) is 109 cm³/mol. The summed E-state index contributed by atoms with van der Waals surface area (Å²) in [5.74, 6) is 2.30. The molecule has 0 bridgehead atoms. The standard InChI is InChI=1S/C20H28N4OS/c1-4-21-20(22-11-9-19-24-14(2)15(3)26-19)23-13-16-10-12-25-18-8-6-5-7-17(16)18/h5-8,16H,4,9-13H2,1-3H3,(H2,21,22,23). The SMILES string of the molecule is CCNC(=NCC1CCOc2ccccc21)NCCc1nc(C)c(C)s1. The summed E-state index contributed by atoms with van der Waals surface area (Å²) in [6.45, 7) is 9.51. The number of para-hydroxylation sites is 1. The second-order valence-electron chi connectivity index (χ2n) is 6.52. The van der Waals surface area contributed by atoms with E-state index in [-0.39, 0.29) is 0 Å². The molecule has 0 amide bonds. The van der Waals surface area contributed by atoms with Gasteiger partial charge in [-0.1, -0.05) is 18.2 Å². The van der Waals surface area contributed by atoms with E-state index >= 15 is 0 Å². The number of nitrogens with one attached hydrogen (secondary N) is 2. The molecule has 1 unspecified atom stereocenters. The summed E-state index contributed by atoms with van der Waals surface area (Å²) < 4.78 is 5.75. The van der Waals surface area contributed by atoms with Gasteiger partial charge in [0, 0.05) is 36.9 Å². The van der Waals surface area contributed by atoms with E-state index in [1.165, 1.54) is 15.4 Å². The number of aryl methyl sites for hydroxylation is 2. The number of aliphatic imine (C=N–C) groups is 1. The summed E-state index contributed by atoms with van der Waals surface area (Å²) in [5.41, 5.74) is 2.41. The van der Waals surface area contributed by atoms with E-state index in [4.69, 9.17) is 9.73 Å². The third-order valence-corrected chi connectivity index (χ3v) is 5.73. The number of ether oxygens (including phenoxy) is 1. The molecule has 0 aliphatic carbocycles. The molecule has 2 aromatic rings. The van der Waals surface area contributed by atoms with Crippen molar-refractivity contribution in [3.8, 4) is 5.75 Å². The lowest BCUT2D eigenvalue weighted by Gasteiger charge is -2.25. The van der Waals surface area contributed by atoms with Gasteiger partial charge < -0.3 is 15.4 Å². The van der Waals surface area contributed by atoms with Gasteiger partial charge in [-0.25, -0.2) is 4.98 Å². The normalized spacial score (nSPS) is 16.7. The Morgan fingerprint density at radius 2 is 2.15 bits per heavy atom. The number of nitrogens with zero attached hydrogens (tertiary/aromatic N) is 2. The zero-order valence-electron chi connectivity index (χ0n) is 15.8. The van der Waals surface area contributed by atoms with E-state index in [2.05, 4.69) is 48.5 Å². The van der Waals surface area contributed by atoms with Gasteiger partial charge in [0.2, 0.25) is 0 Å². The van der Waals surface area contributed by atoms with Crippen molar-refractivity contribution in [3.63, 3.8) is 0 Å². The molecule has 1 aromatic heterocycles. The molecule has 1 aliphatic rings. The molecule has 6 heteroatoms. The van der Waals surface area contributed by atoms with Gasteiger partial charge in [0.05, 0.1) is 17.3 Å². The van der Waals surface area contributed by atoms with Crippen molar-refractivity contribution in [2.24, 2.45) is 4.99 Å². The number of hydrogen-bond acceptors (Lipinski definition) is 4. The maximum Gasteiger partial charge on any atom is 0.191 e. The molecule has 0 fully saturated rings. The lowest BCUT2D eigenvalue weighted by Crippen LogP contribution is -2.38. The van der Waals surface area contributed by atoms with Gasteiger partial charge in [-0.3, -0.25) is 4.99 Å². The Hall–Kier alpha value is -2.08. The zero-order valence-corrected chi connectivity index (χ0v) is 16.7. The molecule has 1 aliphatic heterocycles. The Kier molecular flexibility index (Phi) is 6.50. The van der Waals surface area contributed by atoms with Crippen LogP contribution in [0.15, 0.2) is 29.3 Å². The molecule has 140 valence electrons. The van der Waals surface area contributed by atoms with E-state index in [1.54, 1.807) is 11.3 Å². The summed E-state index contributed by atoms with van der Waals surface area (Å²) in [6, 6.07) is 8.30. The number of rotatable bonds is 6. The van der Waals surface area contributed by atoms with Crippen LogP contribution in [0.1, 0.15) is 40.4 Å². The summed E-state index contributed by atoms with van der Waals surface area (Å²) in [4.78, 5) is 10.7. The first-order valence-corrected chi connectivity index (χ1v) is 10.2. The van der Waals surface area contributed by atoms with Crippen LogP contribution in [0.5, 0.6) is 5.75 Å². The van der Waals surface area contributed by atoms with Gasteiger partial charge in [-0.2, -0.15) is 0 Å². The molecule has 5 nitrogen and oxygen atoms in total. The first-order chi connectivity index (χ1) is 12.7.